The molecule has 0 amide bonds. The number of anilines is 2. The van der Waals surface area contributed by atoms with Gasteiger partial charge in [-0.15, -0.1) is 0 Å². The van der Waals surface area contributed by atoms with Gasteiger partial charge in [0, 0.05) is 81.3 Å². The zero-order chi connectivity index (χ0) is 41.8. The third-order valence-corrected chi connectivity index (χ3v) is 12.9. The molecule has 314 valence electrons. The lowest BCUT2D eigenvalue weighted by Crippen LogP contribution is -2.30. The highest BCUT2D eigenvalue weighted by molar-refractivity contribution is 7.92. The van der Waals surface area contributed by atoms with Crippen molar-refractivity contribution in [1.82, 2.24) is 19.1 Å². The molecule has 2 aliphatic heterocycles. The summed E-state index contributed by atoms with van der Waals surface area (Å²) in [6.45, 7) is 23.4. The summed E-state index contributed by atoms with van der Waals surface area (Å²) in [4.78, 5) is 20.3. The van der Waals surface area contributed by atoms with Gasteiger partial charge in [-0.3, -0.25) is 14.4 Å². The Hall–Kier alpha value is -4.53. The molecule has 0 radical (unpaired) electrons. The lowest BCUT2D eigenvalue weighted by Gasteiger charge is -2.26. The Morgan fingerprint density at radius 2 is 1.24 bits per heavy atom. The molecular weight excluding hydrogens is 755 g/mol. The van der Waals surface area contributed by atoms with Gasteiger partial charge >= 0.3 is 0 Å². The van der Waals surface area contributed by atoms with Gasteiger partial charge in [-0.05, 0) is 99.9 Å². The highest BCUT2D eigenvalue weighted by atomic mass is 32.2. The molecule has 58 heavy (non-hydrogen) atoms. The molecule has 2 aromatic heterocycles. The van der Waals surface area contributed by atoms with Crippen LogP contribution in [-0.2, 0) is 43.4 Å². The van der Waals surface area contributed by atoms with E-state index in [1.165, 1.54) is 39.9 Å². The number of imidazole rings is 2. The van der Waals surface area contributed by atoms with Gasteiger partial charge in [0.1, 0.15) is 11.6 Å². The minimum Gasteiger partial charge on any atom is -0.385 e. The van der Waals surface area contributed by atoms with E-state index in [2.05, 4.69) is 81.1 Å². The average molecular weight is 816 g/mol. The lowest BCUT2D eigenvalue weighted by atomic mass is 9.94. The first-order valence-electron chi connectivity index (χ1n) is 20.7. The summed E-state index contributed by atoms with van der Waals surface area (Å²) in [6.07, 6.45) is 4.33. The molecule has 0 unspecified atom stereocenters. The van der Waals surface area contributed by atoms with Crippen molar-refractivity contribution in [3.05, 3.63) is 82.4 Å². The van der Waals surface area contributed by atoms with Crippen LogP contribution in [0.4, 0.5) is 17.1 Å². The van der Waals surface area contributed by atoms with Crippen molar-refractivity contribution in [2.75, 3.05) is 49.1 Å². The van der Waals surface area contributed by atoms with E-state index in [0.29, 0.717) is 17.5 Å². The molecule has 2 fully saturated rings. The van der Waals surface area contributed by atoms with E-state index in [1.807, 2.05) is 18.2 Å². The Labute approximate surface area is 343 Å². The minimum atomic E-state index is -3.91. The Morgan fingerprint density at radius 3 is 1.69 bits per heavy atom. The van der Waals surface area contributed by atoms with Crippen LogP contribution in [0.1, 0.15) is 92.7 Å². The molecule has 4 heterocycles. The molecule has 13 nitrogen and oxygen atoms in total. The Balaban J connectivity index is 0.000000213. The van der Waals surface area contributed by atoms with Crippen molar-refractivity contribution < 1.29 is 22.8 Å². The number of hydrogen-bond donors (Lipinski definition) is 1. The number of sulfonamides is 1. The average Bonchev–Trinajstić information content (AvgIpc) is 3.74. The van der Waals surface area contributed by atoms with Crippen LogP contribution in [0.15, 0.2) is 65.6 Å². The third-order valence-electron chi connectivity index (χ3n) is 11.0. The van der Waals surface area contributed by atoms with Gasteiger partial charge in [0.05, 0.1) is 37.6 Å². The number of benzene rings is 3. The first kappa shape index (κ1) is 43.1. The van der Waals surface area contributed by atoms with Crippen LogP contribution in [0, 0.1) is 22.0 Å². The van der Waals surface area contributed by atoms with Crippen molar-refractivity contribution in [1.29, 1.82) is 0 Å². The maximum absolute atomic E-state index is 13.4. The number of nitrogens with one attached hydrogen (secondary N) is 1. The molecule has 2 aliphatic rings. The van der Waals surface area contributed by atoms with Crippen LogP contribution >= 0.6 is 0 Å². The number of nitrogens with zero attached hydrogens (tertiary/aromatic N) is 6. The van der Waals surface area contributed by atoms with E-state index in [0.717, 1.165) is 99.8 Å². The van der Waals surface area contributed by atoms with Crippen LogP contribution in [0.5, 0.6) is 0 Å². The van der Waals surface area contributed by atoms with Gasteiger partial charge in [0.15, 0.2) is 0 Å². The quantitative estimate of drug-likeness (QED) is 0.102. The second kappa shape index (κ2) is 17.8. The normalized spacial score (nSPS) is 16.0. The lowest BCUT2D eigenvalue weighted by molar-refractivity contribution is -0.384. The predicted octanol–water partition coefficient (Wildman–Crippen LogP) is 9.08. The monoisotopic (exact) mass is 815 g/mol. The second-order valence-corrected chi connectivity index (χ2v) is 19.4. The summed E-state index contributed by atoms with van der Waals surface area (Å²) >= 11 is 0. The van der Waals surface area contributed by atoms with E-state index in [4.69, 9.17) is 19.4 Å². The summed E-state index contributed by atoms with van der Waals surface area (Å²) in [5.41, 5.74) is 5.44. The summed E-state index contributed by atoms with van der Waals surface area (Å²) < 4.78 is 43.9. The van der Waals surface area contributed by atoms with Crippen LogP contribution in [0.3, 0.4) is 0 Å². The first-order chi connectivity index (χ1) is 27.5. The number of fused-ring (bicyclic) bond motifs is 2. The number of nitro benzene ring substituents is 1. The number of ether oxygens (including phenoxy) is 2. The third kappa shape index (κ3) is 9.66. The second-order valence-electron chi connectivity index (χ2n) is 17.5. The summed E-state index contributed by atoms with van der Waals surface area (Å²) in [5.74, 6) is 3.36. The predicted molar refractivity (Wildman–Crippen MR) is 231 cm³/mol. The number of rotatable bonds is 11. The summed E-state index contributed by atoms with van der Waals surface area (Å²) in [5, 5.41) is 14.3. The fourth-order valence-electron chi connectivity index (χ4n) is 7.96. The SMILES string of the molecule is CCN(c1ccc2c(c1)nc(C(C)(C)C)n2CC1CCOCC1)S(=O)(=O)c1ccc([N+](=O)[O-])cc1.CCNc1ccc2c(c1)nc(C(C)(C)C)n2CC1CCOCC1. The number of hydrogen-bond acceptors (Lipinski definition) is 9. The van der Waals surface area contributed by atoms with Gasteiger partial charge in [-0.25, -0.2) is 18.4 Å². The van der Waals surface area contributed by atoms with Crippen LogP contribution < -0.4 is 9.62 Å². The Morgan fingerprint density at radius 1 is 0.759 bits per heavy atom. The molecule has 2 saturated heterocycles. The zero-order valence-electron chi connectivity index (χ0n) is 35.5. The van der Waals surface area contributed by atoms with E-state index in [1.54, 1.807) is 6.92 Å². The van der Waals surface area contributed by atoms with Gasteiger partial charge in [-0.2, -0.15) is 0 Å². The number of non-ortho nitro benzene ring substituents is 1. The molecule has 0 atom stereocenters. The fourth-order valence-corrected chi connectivity index (χ4v) is 9.43. The van der Waals surface area contributed by atoms with E-state index in [9.17, 15) is 18.5 Å². The van der Waals surface area contributed by atoms with E-state index in [-0.39, 0.29) is 28.0 Å². The standard InChI is InChI=1S/C25H32N4O5S.C19H29N3O/c1-5-28(35(32,33)21-9-6-19(7-10-21)29(30)31)20-8-11-23-22(16-20)26-24(25(2,3)4)27(23)17-18-12-14-34-15-13-18;1-5-20-15-6-7-17-16(12-15)21-18(19(2,3)4)22(17)13-14-8-10-23-11-9-14/h6-11,16,18H,5,12-15,17H2,1-4H3;6-7,12,14,20H,5,8-11,13H2,1-4H3. The number of nitro groups is 1. The summed E-state index contributed by atoms with van der Waals surface area (Å²) in [7, 11) is -3.91. The molecule has 3 aromatic carbocycles. The van der Waals surface area contributed by atoms with Crippen molar-refractivity contribution >= 4 is 49.2 Å². The molecule has 0 aliphatic carbocycles. The smallest absolute Gasteiger partial charge is 0.269 e. The molecule has 0 bridgehead atoms. The Bertz CT molecular complexity index is 2290. The van der Waals surface area contributed by atoms with Gasteiger partial charge in [-0.1, -0.05) is 41.5 Å². The first-order valence-corrected chi connectivity index (χ1v) is 22.1. The van der Waals surface area contributed by atoms with Crippen LogP contribution in [-0.4, -0.2) is 72.0 Å². The molecule has 1 N–H and O–H groups in total. The molecule has 5 aromatic rings. The van der Waals surface area contributed by atoms with Gasteiger partial charge in [0.25, 0.3) is 15.7 Å². The molecule has 0 saturated carbocycles. The molecule has 0 spiro atoms. The van der Waals surface area contributed by atoms with Gasteiger partial charge < -0.3 is 23.9 Å². The largest absolute Gasteiger partial charge is 0.385 e. The molecule has 14 heteroatoms. The van der Waals surface area contributed by atoms with Crippen molar-refractivity contribution in [3.63, 3.8) is 0 Å². The minimum absolute atomic E-state index is 0.00507. The van der Waals surface area contributed by atoms with E-state index >= 15 is 0 Å². The maximum Gasteiger partial charge on any atom is 0.269 e. The fraction of sp³-hybridized carbons (Fsp3) is 0.545. The van der Waals surface area contributed by atoms with Gasteiger partial charge in [0.2, 0.25) is 0 Å². The highest BCUT2D eigenvalue weighted by Gasteiger charge is 2.29. The van der Waals surface area contributed by atoms with E-state index < -0.39 is 14.9 Å². The topological polar surface area (TPSA) is 147 Å². The zero-order valence-corrected chi connectivity index (χ0v) is 36.3. The van der Waals surface area contributed by atoms with Crippen molar-refractivity contribution in [2.45, 2.75) is 110 Å². The van der Waals surface area contributed by atoms with Crippen molar-refractivity contribution in [3.8, 4) is 0 Å². The Kier molecular flexibility index (Phi) is 13.2. The number of aromatic nitrogens is 4. The highest BCUT2D eigenvalue weighted by Crippen LogP contribution is 2.34. The van der Waals surface area contributed by atoms with Crippen LogP contribution in [0.2, 0.25) is 0 Å². The maximum atomic E-state index is 13.4. The summed E-state index contributed by atoms with van der Waals surface area (Å²) in [6, 6.07) is 17.1. The van der Waals surface area contributed by atoms with Crippen LogP contribution in [0.25, 0.3) is 22.1 Å². The molecule has 7 rings (SSSR count). The van der Waals surface area contributed by atoms with Crippen molar-refractivity contribution in [2.24, 2.45) is 11.8 Å². The molecular formula is C44H61N7O6S.